The number of quaternary nitrogens is 1. The van der Waals surface area contributed by atoms with Gasteiger partial charge in [0.25, 0.3) is 0 Å². The van der Waals surface area contributed by atoms with Crippen LogP contribution in [0.5, 0.6) is 0 Å². The van der Waals surface area contributed by atoms with Gasteiger partial charge in [-0.05, 0) is 48.4 Å². The molecule has 3 nitrogen and oxygen atoms in total. The maximum Gasteiger partial charge on any atom is 0.336 e. The summed E-state index contributed by atoms with van der Waals surface area (Å²) >= 11 is 1.77. The molecule has 4 heteroatoms. The van der Waals surface area contributed by atoms with Gasteiger partial charge in [-0.1, -0.05) is 49.4 Å². The average Bonchev–Trinajstić information content (AvgIpc) is 3.26. The van der Waals surface area contributed by atoms with E-state index < -0.39 is 0 Å². The first-order chi connectivity index (χ1) is 14.1. The number of thiophene rings is 1. The fourth-order valence-electron chi connectivity index (χ4n) is 3.78. The topological polar surface area (TPSA) is 46.8 Å². The molecule has 0 radical (unpaired) electrons. The van der Waals surface area contributed by atoms with Gasteiger partial charge in [0.2, 0.25) is 0 Å². The van der Waals surface area contributed by atoms with Crippen molar-refractivity contribution in [2.75, 3.05) is 0 Å². The summed E-state index contributed by atoms with van der Waals surface area (Å²) in [5.41, 5.74) is 6.24. The summed E-state index contributed by atoms with van der Waals surface area (Å²) < 4.78 is 5.54. The predicted octanol–water partition coefficient (Wildman–Crippen LogP) is 4.89. The minimum absolute atomic E-state index is 0.203. The fourth-order valence-corrected chi connectivity index (χ4v) is 4.63. The van der Waals surface area contributed by atoms with Crippen LogP contribution in [-0.2, 0) is 13.0 Å². The summed E-state index contributed by atoms with van der Waals surface area (Å²) in [7, 11) is 0. The van der Waals surface area contributed by atoms with Gasteiger partial charge in [-0.2, -0.15) is 0 Å². The molecule has 0 aliphatic heterocycles. The molecular weight excluding hydrogens is 378 g/mol. The predicted molar refractivity (Wildman–Crippen MR) is 120 cm³/mol. The summed E-state index contributed by atoms with van der Waals surface area (Å²) in [6, 6.07) is 19.2. The highest BCUT2D eigenvalue weighted by Gasteiger charge is 2.20. The Kier molecular flexibility index (Phi) is 5.65. The number of nitrogens with two attached hydrogens (primary N) is 1. The molecule has 1 atom stereocenters. The second-order valence-electron chi connectivity index (χ2n) is 7.50. The molecule has 0 unspecified atom stereocenters. The molecule has 29 heavy (non-hydrogen) atoms. The monoisotopic (exact) mass is 404 g/mol. The average molecular weight is 405 g/mol. The van der Waals surface area contributed by atoms with E-state index in [2.05, 4.69) is 66.2 Å². The van der Waals surface area contributed by atoms with Gasteiger partial charge >= 0.3 is 5.63 Å². The van der Waals surface area contributed by atoms with E-state index in [9.17, 15) is 4.79 Å². The first-order valence-corrected chi connectivity index (χ1v) is 10.9. The molecule has 0 amide bonds. The Morgan fingerprint density at radius 2 is 1.86 bits per heavy atom. The molecule has 4 rings (SSSR count). The Morgan fingerprint density at radius 1 is 1.07 bits per heavy atom. The Labute approximate surface area is 175 Å². The maximum absolute atomic E-state index is 12.2. The van der Waals surface area contributed by atoms with Crippen molar-refractivity contribution < 1.29 is 9.73 Å². The molecule has 0 spiro atoms. The van der Waals surface area contributed by atoms with Gasteiger partial charge in [-0.25, -0.2) is 4.79 Å². The number of fused-ring (bicyclic) bond motifs is 1. The van der Waals surface area contributed by atoms with Crippen LogP contribution in [0.25, 0.3) is 11.0 Å². The van der Waals surface area contributed by atoms with Gasteiger partial charge in [-0.3, -0.25) is 0 Å². The molecule has 0 aliphatic carbocycles. The third kappa shape index (κ3) is 4.04. The lowest BCUT2D eigenvalue weighted by atomic mass is 10.0. The lowest BCUT2D eigenvalue weighted by Crippen LogP contribution is -2.83. The van der Waals surface area contributed by atoms with Gasteiger partial charge in [0, 0.05) is 22.6 Å². The van der Waals surface area contributed by atoms with Crippen LogP contribution in [-0.4, -0.2) is 0 Å². The molecule has 148 valence electrons. The number of hydrogen-bond donors (Lipinski definition) is 1. The summed E-state index contributed by atoms with van der Waals surface area (Å²) in [5.74, 6) is 0. The highest BCUT2D eigenvalue weighted by atomic mass is 32.1. The van der Waals surface area contributed by atoms with Crippen molar-refractivity contribution in [3.63, 3.8) is 0 Å². The molecule has 2 aromatic heterocycles. The molecule has 0 bridgehead atoms. The smallest absolute Gasteiger partial charge is 0.336 e. The zero-order chi connectivity index (χ0) is 20.4. The van der Waals surface area contributed by atoms with E-state index in [0.29, 0.717) is 12.1 Å². The third-order valence-electron chi connectivity index (χ3n) is 5.69. The van der Waals surface area contributed by atoms with E-state index in [0.717, 1.165) is 28.5 Å². The summed E-state index contributed by atoms with van der Waals surface area (Å²) in [6.45, 7) is 6.94. The van der Waals surface area contributed by atoms with E-state index in [1.165, 1.54) is 16.0 Å². The van der Waals surface area contributed by atoms with Crippen molar-refractivity contribution in [2.45, 2.75) is 39.8 Å². The van der Waals surface area contributed by atoms with E-state index >= 15 is 0 Å². The van der Waals surface area contributed by atoms with Crippen LogP contribution >= 0.6 is 11.3 Å². The number of hydrogen-bond acceptors (Lipinski definition) is 3. The van der Waals surface area contributed by atoms with Gasteiger partial charge < -0.3 is 9.73 Å². The summed E-state index contributed by atoms with van der Waals surface area (Å²) in [5, 5.41) is 5.46. The van der Waals surface area contributed by atoms with Gasteiger partial charge in [0.05, 0.1) is 4.88 Å². The van der Waals surface area contributed by atoms with Crippen molar-refractivity contribution in [3.8, 4) is 0 Å². The summed E-state index contributed by atoms with van der Waals surface area (Å²) in [6.07, 6.45) is 1.04. The second kappa shape index (κ2) is 8.36. The number of aryl methyl sites for hydroxylation is 3. The normalized spacial score (nSPS) is 12.4. The summed E-state index contributed by atoms with van der Waals surface area (Å²) in [4.78, 5) is 13.5. The van der Waals surface area contributed by atoms with Crippen LogP contribution in [0.15, 0.2) is 69.2 Å². The van der Waals surface area contributed by atoms with Gasteiger partial charge in [0.1, 0.15) is 18.2 Å². The van der Waals surface area contributed by atoms with E-state index in [1.54, 1.807) is 17.4 Å². The zero-order valence-corrected chi connectivity index (χ0v) is 17.9. The number of rotatable bonds is 6. The molecule has 4 aromatic rings. The third-order valence-corrected chi connectivity index (χ3v) is 6.64. The molecule has 0 saturated heterocycles. The van der Waals surface area contributed by atoms with Crippen LogP contribution < -0.4 is 10.9 Å². The van der Waals surface area contributed by atoms with Crippen LogP contribution in [0.4, 0.5) is 0 Å². The minimum atomic E-state index is -0.283. The molecule has 0 saturated carbocycles. The minimum Gasteiger partial charge on any atom is -0.422 e. The molecule has 0 fully saturated rings. The van der Waals surface area contributed by atoms with Crippen molar-refractivity contribution in [1.29, 1.82) is 0 Å². The van der Waals surface area contributed by atoms with E-state index in [4.69, 9.17) is 4.42 Å². The van der Waals surface area contributed by atoms with Crippen LogP contribution in [0, 0.1) is 13.8 Å². The van der Waals surface area contributed by atoms with Crippen LogP contribution in [0.2, 0.25) is 0 Å². The molecule has 2 heterocycles. The molecule has 2 N–H and O–H groups in total. The van der Waals surface area contributed by atoms with Crippen molar-refractivity contribution in [2.24, 2.45) is 0 Å². The SMILES string of the molecule is CCc1ccc([C@@H]([NH2+]Cc2cc(=O)oc3c(C)c(C)ccc23)c2cccs2)cc1. The van der Waals surface area contributed by atoms with Crippen LogP contribution in [0.3, 0.4) is 0 Å². The van der Waals surface area contributed by atoms with Crippen LogP contribution in [0.1, 0.15) is 45.7 Å². The largest absolute Gasteiger partial charge is 0.422 e. The Bertz CT molecular complexity index is 1170. The molecule has 0 aliphatic rings. The highest BCUT2D eigenvalue weighted by Crippen LogP contribution is 2.25. The van der Waals surface area contributed by atoms with Crippen molar-refractivity contribution >= 4 is 22.3 Å². The lowest BCUT2D eigenvalue weighted by Gasteiger charge is -2.16. The lowest BCUT2D eigenvalue weighted by molar-refractivity contribution is -0.701. The maximum atomic E-state index is 12.2. The van der Waals surface area contributed by atoms with E-state index in [1.807, 2.05) is 13.8 Å². The Morgan fingerprint density at radius 3 is 2.55 bits per heavy atom. The fraction of sp³-hybridized carbons (Fsp3) is 0.240. The van der Waals surface area contributed by atoms with Crippen molar-refractivity contribution in [3.05, 3.63) is 103 Å². The standard InChI is InChI=1S/C25H25NO2S/c1-4-18-8-10-19(11-9-18)24(22-6-5-13-29-22)26-15-20-14-23(27)28-25-17(3)16(2)7-12-21(20)25/h5-14,24,26H,4,15H2,1-3H3/p+1/t24-/m1/s1. The van der Waals surface area contributed by atoms with E-state index in [-0.39, 0.29) is 11.7 Å². The highest BCUT2D eigenvalue weighted by molar-refractivity contribution is 7.10. The van der Waals surface area contributed by atoms with Gasteiger partial charge in [-0.15, -0.1) is 11.3 Å². The second-order valence-corrected chi connectivity index (χ2v) is 8.48. The quantitative estimate of drug-likeness (QED) is 0.465. The zero-order valence-electron chi connectivity index (χ0n) is 17.1. The first kappa shape index (κ1) is 19.6. The molecule has 2 aromatic carbocycles. The Balaban J connectivity index is 1.69. The Hall–Kier alpha value is -2.69. The number of benzene rings is 2. The van der Waals surface area contributed by atoms with Crippen molar-refractivity contribution in [1.82, 2.24) is 0 Å². The first-order valence-electron chi connectivity index (χ1n) is 10.1. The van der Waals surface area contributed by atoms with Gasteiger partial charge in [0.15, 0.2) is 0 Å². The molecular formula is C25H26NO2S+.